The second-order valence-electron chi connectivity index (χ2n) is 6.38. The average molecular weight is 239 g/mol. The fourth-order valence-corrected chi connectivity index (χ4v) is 2.95. The van der Waals surface area contributed by atoms with Crippen LogP contribution in [0.3, 0.4) is 0 Å². The Morgan fingerprint density at radius 2 is 1.76 bits per heavy atom. The Labute approximate surface area is 105 Å². The highest BCUT2D eigenvalue weighted by molar-refractivity contribution is 5.68. The van der Waals surface area contributed by atoms with Gasteiger partial charge in [-0.15, -0.1) is 0 Å². The molecule has 0 aromatic carbocycles. The van der Waals surface area contributed by atoms with Crippen LogP contribution in [0, 0.1) is 5.92 Å². The summed E-state index contributed by atoms with van der Waals surface area (Å²) < 4.78 is 0. The van der Waals surface area contributed by atoms with Gasteiger partial charge in [0.1, 0.15) is 0 Å². The van der Waals surface area contributed by atoms with Gasteiger partial charge in [-0.05, 0) is 53.5 Å². The third-order valence-electron chi connectivity index (χ3n) is 4.04. The first-order chi connectivity index (χ1) is 7.65. The Balaban J connectivity index is 2.71. The zero-order valence-electron chi connectivity index (χ0n) is 11.7. The largest absolute Gasteiger partial charge is 0.481 e. The molecule has 17 heavy (non-hydrogen) atoms. The van der Waals surface area contributed by atoms with Crippen molar-refractivity contribution in [2.75, 3.05) is 7.05 Å². The lowest BCUT2D eigenvalue weighted by Crippen LogP contribution is -2.58. The van der Waals surface area contributed by atoms with Crippen LogP contribution >= 0.6 is 0 Å². The van der Waals surface area contributed by atoms with Crippen molar-refractivity contribution in [3.05, 3.63) is 12.2 Å². The highest BCUT2D eigenvalue weighted by Crippen LogP contribution is 2.40. The van der Waals surface area contributed by atoms with Gasteiger partial charge in [0.05, 0.1) is 6.42 Å². The molecule has 0 bridgehead atoms. The van der Waals surface area contributed by atoms with Gasteiger partial charge in [0, 0.05) is 11.1 Å². The number of carbonyl (C=O) groups is 1. The van der Waals surface area contributed by atoms with E-state index in [1.54, 1.807) is 6.08 Å². The summed E-state index contributed by atoms with van der Waals surface area (Å²) in [6, 6.07) is 0. The van der Waals surface area contributed by atoms with E-state index >= 15 is 0 Å². The van der Waals surface area contributed by atoms with Gasteiger partial charge in [0.15, 0.2) is 0 Å². The van der Waals surface area contributed by atoms with Gasteiger partial charge in [-0.1, -0.05) is 12.2 Å². The summed E-state index contributed by atoms with van der Waals surface area (Å²) in [5.41, 5.74) is 0.333. The maximum Gasteiger partial charge on any atom is 0.307 e. The molecule has 0 amide bonds. The molecule has 98 valence electrons. The van der Waals surface area contributed by atoms with Gasteiger partial charge in [-0.25, -0.2) is 0 Å². The summed E-state index contributed by atoms with van der Waals surface area (Å²) in [7, 11) is 2.18. The summed E-state index contributed by atoms with van der Waals surface area (Å²) >= 11 is 0. The number of carboxylic acid groups (broad SMARTS) is 1. The summed E-state index contributed by atoms with van der Waals surface area (Å²) in [5, 5.41) is 8.63. The molecule has 0 aliphatic carbocycles. The van der Waals surface area contributed by atoms with Crippen LogP contribution in [0.4, 0.5) is 0 Å². The molecule has 1 rings (SSSR count). The zero-order valence-corrected chi connectivity index (χ0v) is 11.7. The molecule has 1 heterocycles. The van der Waals surface area contributed by atoms with Gasteiger partial charge >= 0.3 is 5.97 Å². The third-order valence-corrected chi connectivity index (χ3v) is 4.04. The Hall–Kier alpha value is -0.830. The molecule has 0 aromatic rings. The minimum Gasteiger partial charge on any atom is -0.481 e. The first kappa shape index (κ1) is 14.2. The van der Waals surface area contributed by atoms with Crippen LogP contribution in [0.2, 0.25) is 0 Å². The van der Waals surface area contributed by atoms with Crippen LogP contribution in [0.5, 0.6) is 0 Å². The molecule has 0 saturated carbocycles. The van der Waals surface area contributed by atoms with Crippen molar-refractivity contribution in [2.24, 2.45) is 5.92 Å². The van der Waals surface area contributed by atoms with Crippen molar-refractivity contribution < 1.29 is 9.90 Å². The Bertz CT molecular complexity index is 300. The van der Waals surface area contributed by atoms with E-state index in [0.717, 1.165) is 12.8 Å². The minimum absolute atomic E-state index is 0.132. The first-order valence-corrected chi connectivity index (χ1v) is 6.27. The Kier molecular flexibility index (Phi) is 4.03. The number of nitrogens with zero attached hydrogens (tertiary/aromatic N) is 1. The highest BCUT2D eigenvalue weighted by atomic mass is 16.4. The van der Waals surface area contributed by atoms with Crippen LogP contribution in [0.15, 0.2) is 12.2 Å². The molecule has 1 N–H and O–H groups in total. The second kappa shape index (κ2) is 4.81. The topological polar surface area (TPSA) is 40.5 Å². The summed E-state index contributed by atoms with van der Waals surface area (Å²) in [6.45, 7) is 9.02. The van der Waals surface area contributed by atoms with Crippen molar-refractivity contribution in [3.63, 3.8) is 0 Å². The molecule has 0 atom stereocenters. The van der Waals surface area contributed by atoms with E-state index in [-0.39, 0.29) is 17.5 Å². The van der Waals surface area contributed by atoms with Gasteiger partial charge in [0.2, 0.25) is 0 Å². The molecule has 1 aliphatic rings. The van der Waals surface area contributed by atoms with Gasteiger partial charge in [0.25, 0.3) is 0 Å². The standard InChI is InChI=1S/C14H25NO2/c1-13(2)9-11(7-6-8-12(16)17)10-14(3,4)15(13)5/h6-7,11H,8-10H2,1-5H3,(H,16,17). The van der Waals surface area contributed by atoms with Crippen LogP contribution in [-0.2, 0) is 4.79 Å². The van der Waals surface area contributed by atoms with Crippen molar-refractivity contribution in [3.8, 4) is 0 Å². The monoisotopic (exact) mass is 239 g/mol. The number of piperidine rings is 1. The fourth-order valence-electron chi connectivity index (χ4n) is 2.95. The van der Waals surface area contributed by atoms with E-state index < -0.39 is 5.97 Å². The lowest BCUT2D eigenvalue weighted by atomic mass is 9.74. The van der Waals surface area contributed by atoms with Crippen LogP contribution in [0.25, 0.3) is 0 Å². The molecule has 1 aliphatic heterocycles. The highest BCUT2D eigenvalue weighted by Gasteiger charge is 2.41. The summed E-state index contributed by atoms with van der Waals surface area (Å²) in [6.07, 6.45) is 6.19. The van der Waals surface area contributed by atoms with E-state index in [0.29, 0.717) is 5.92 Å². The molecule has 0 aromatic heterocycles. The number of carboxylic acids is 1. The van der Waals surface area contributed by atoms with Gasteiger partial charge < -0.3 is 5.11 Å². The first-order valence-electron chi connectivity index (χ1n) is 6.27. The van der Waals surface area contributed by atoms with Crippen molar-refractivity contribution in [2.45, 2.75) is 58.0 Å². The average Bonchev–Trinajstić information content (AvgIpc) is 2.12. The van der Waals surface area contributed by atoms with E-state index in [1.165, 1.54) is 0 Å². The quantitative estimate of drug-likeness (QED) is 0.770. The predicted molar refractivity (Wildman–Crippen MR) is 70.0 cm³/mol. The number of likely N-dealkylation sites (tertiary alicyclic amines) is 1. The SMILES string of the molecule is CN1C(C)(C)CC(C=CCC(=O)O)CC1(C)C. The van der Waals surface area contributed by atoms with Crippen molar-refractivity contribution in [1.82, 2.24) is 4.90 Å². The number of hydrogen-bond acceptors (Lipinski definition) is 2. The van der Waals surface area contributed by atoms with E-state index in [2.05, 4.69) is 45.7 Å². The number of allylic oxidation sites excluding steroid dienone is 1. The smallest absolute Gasteiger partial charge is 0.307 e. The Morgan fingerprint density at radius 3 is 2.18 bits per heavy atom. The van der Waals surface area contributed by atoms with Crippen LogP contribution < -0.4 is 0 Å². The minimum atomic E-state index is -0.757. The van der Waals surface area contributed by atoms with Gasteiger partial charge in [-0.3, -0.25) is 9.69 Å². The molecule has 0 radical (unpaired) electrons. The summed E-state index contributed by atoms with van der Waals surface area (Å²) in [4.78, 5) is 12.9. The maximum atomic E-state index is 10.5. The molecule has 3 heteroatoms. The fraction of sp³-hybridized carbons (Fsp3) is 0.786. The zero-order chi connectivity index (χ0) is 13.3. The van der Waals surface area contributed by atoms with E-state index in [9.17, 15) is 4.79 Å². The van der Waals surface area contributed by atoms with E-state index in [4.69, 9.17) is 5.11 Å². The van der Waals surface area contributed by atoms with Crippen LogP contribution in [0.1, 0.15) is 47.0 Å². The number of hydrogen-bond donors (Lipinski definition) is 1. The van der Waals surface area contributed by atoms with E-state index in [1.807, 2.05) is 0 Å². The van der Waals surface area contributed by atoms with Crippen molar-refractivity contribution >= 4 is 5.97 Å². The second-order valence-corrected chi connectivity index (χ2v) is 6.38. The van der Waals surface area contributed by atoms with Gasteiger partial charge in [-0.2, -0.15) is 0 Å². The lowest BCUT2D eigenvalue weighted by molar-refractivity contribution is -0.136. The third kappa shape index (κ3) is 3.56. The Morgan fingerprint density at radius 1 is 1.29 bits per heavy atom. The normalized spacial score (nSPS) is 25.2. The number of aliphatic carboxylic acids is 1. The predicted octanol–water partition coefficient (Wildman–Crippen LogP) is 2.92. The molecule has 0 unspecified atom stereocenters. The molecule has 1 fully saturated rings. The molecular weight excluding hydrogens is 214 g/mol. The maximum absolute atomic E-state index is 10.5. The molecule has 1 saturated heterocycles. The summed E-state index contributed by atoms with van der Waals surface area (Å²) in [5.74, 6) is -0.275. The lowest BCUT2D eigenvalue weighted by Gasteiger charge is -2.53. The van der Waals surface area contributed by atoms with Crippen LogP contribution in [-0.4, -0.2) is 34.1 Å². The number of rotatable bonds is 3. The molecular formula is C14H25NO2. The van der Waals surface area contributed by atoms with Crippen molar-refractivity contribution in [1.29, 1.82) is 0 Å². The molecule has 3 nitrogen and oxygen atoms in total. The molecule has 0 spiro atoms.